The van der Waals surface area contributed by atoms with Gasteiger partial charge in [-0.2, -0.15) is 0 Å². The van der Waals surface area contributed by atoms with Gasteiger partial charge in [0, 0.05) is 43.8 Å². The summed E-state index contributed by atoms with van der Waals surface area (Å²) in [5, 5.41) is 14.5. The Morgan fingerprint density at radius 3 is 2.52 bits per heavy atom. The van der Waals surface area contributed by atoms with E-state index in [9.17, 15) is 18.4 Å². The highest BCUT2D eigenvalue weighted by Gasteiger charge is 2.45. The first kappa shape index (κ1) is 22.8. The zero-order valence-electron chi connectivity index (χ0n) is 16.9. The molecule has 31 heavy (non-hydrogen) atoms. The zero-order chi connectivity index (χ0) is 22.6. The summed E-state index contributed by atoms with van der Waals surface area (Å²) in [6.45, 7) is 2.58. The number of carbonyl (C=O) groups is 2. The number of aliphatic carboxylic acids is 1. The lowest BCUT2D eigenvalue weighted by Gasteiger charge is -2.37. The number of benzene rings is 1. The number of hydrogen-bond donors (Lipinski definition) is 2. The minimum absolute atomic E-state index is 0.0504. The van der Waals surface area contributed by atoms with Gasteiger partial charge in [-0.3, -0.25) is 4.79 Å². The van der Waals surface area contributed by atoms with Crippen LogP contribution >= 0.6 is 11.3 Å². The SMILES string of the molecule is Cc1ccc(F)c(C(=O)N2CCC3(CC2)CC(C(=O)O)=NO3)c1F.NCc1cccs1. The maximum atomic E-state index is 14.1. The second-order valence-electron chi connectivity index (χ2n) is 7.42. The zero-order valence-corrected chi connectivity index (χ0v) is 17.8. The van der Waals surface area contributed by atoms with Crippen LogP contribution in [0.5, 0.6) is 0 Å². The molecule has 7 nitrogen and oxygen atoms in total. The van der Waals surface area contributed by atoms with Crippen LogP contribution in [-0.4, -0.2) is 46.3 Å². The summed E-state index contributed by atoms with van der Waals surface area (Å²) in [6, 6.07) is 6.39. The number of carboxylic acid groups (broad SMARTS) is 1. The molecular weight excluding hydrogens is 428 g/mol. The molecule has 0 aliphatic carbocycles. The molecular formula is C21H23F2N3O4S. The van der Waals surface area contributed by atoms with E-state index < -0.39 is 34.7 Å². The minimum Gasteiger partial charge on any atom is -0.477 e. The molecule has 1 fully saturated rings. The second kappa shape index (κ2) is 9.52. The number of hydrogen-bond acceptors (Lipinski definition) is 6. The van der Waals surface area contributed by atoms with Crippen molar-refractivity contribution in [3.8, 4) is 0 Å². The standard InChI is InChI=1S/C16H16F2N2O4.C5H7NS/c1-9-2-3-10(17)12(13(9)18)14(21)20-6-4-16(5-7-20)8-11(15(22)23)19-24-16;6-4-5-2-1-3-7-5/h2-3H,4-8H2,1H3,(H,22,23);1-3H,4,6H2. The first-order valence-corrected chi connectivity index (χ1v) is 10.6. The molecule has 4 rings (SSSR count). The van der Waals surface area contributed by atoms with Crippen molar-refractivity contribution in [1.82, 2.24) is 4.90 Å². The predicted octanol–water partition coefficient (Wildman–Crippen LogP) is 3.32. The Hall–Kier alpha value is -2.85. The van der Waals surface area contributed by atoms with Gasteiger partial charge in [0.2, 0.25) is 0 Å². The quantitative estimate of drug-likeness (QED) is 0.745. The van der Waals surface area contributed by atoms with Crippen LogP contribution in [0.4, 0.5) is 8.78 Å². The largest absolute Gasteiger partial charge is 0.477 e. The summed E-state index contributed by atoms with van der Waals surface area (Å²) in [7, 11) is 0. The number of amides is 1. The topological polar surface area (TPSA) is 105 Å². The van der Waals surface area contributed by atoms with E-state index in [0.717, 1.165) is 6.07 Å². The molecule has 1 saturated heterocycles. The van der Waals surface area contributed by atoms with Crippen molar-refractivity contribution in [3.05, 3.63) is 57.3 Å². The molecule has 166 valence electrons. The molecule has 3 N–H and O–H groups in total. The van der Waals surface area contributed by atoms with E-state index >= 15 is 0 Å². The fraction of sp³-hybridized carbons (Fsp3) is 0.381. The van der Waals surface area contributed by atoms with Crippen LogP contribution in [0, 0.1) is 18.6 Å². The van der Waals surface area contributed by atoms with Gasteiger partial charge in [-0.05, 0) is 30.0 Å². The summed E-state index contributed by atoms with van der Waals surface area (Å²) in [6.07, 6.45) is 0.875. The van der Waals surface area contributed by atoms with Crippen molar-refractivity contribution in [3.63, 3.8) is 0 Å². The Labute approximate surface area is 182 Å². The fourth-order valence-electron chi connectivity index (χ4n) is 3.46. The predicted molar refractivity (Wildman–Crippen MR) is 112 cm³/mol. The molecule has 1 amide bonds. The molecule has 0 radical (unpaired) electrons. The highest BCUT2D eigenvalue weighted by Crippen LogP contribution is 2.35. The average molecular weight is 451 g/mol. The molecule has 0 unspecified atom stereocenters. The Morgan fingerprint density at radius 2 is 2.00 bits per heavy atom. The number of oxime groups is 1. The fourth-order valence-corrected chi connectivity index (χ4v) is 4.05. The molecule has 1 aromatic heterocycles. The molecule has 10 heteroatoms. The molecule has 1 aromatic carbocycles. The molecule has 2 aromatic rings. The van der Waals surface area contributed by atoms with Crippen molar-refractivity contribution in [2.75, 3.05) is 13.1 Å². The van der Waals surface area contributed by atoms with Crippen LogP contribution in [0.25, 0.3) is 0 Å². The van der Waals surface area contributed by atoms with Gasteiger partial charge < -0.3 is 20.6 Å². The third kappa shape index (κ3) is 5.08. The van der Waals surface area contributed by atoms with Crippen molar-refractivity contribution < 1.29 is 28.3 Å². The van der Waals surface area contributed by atoms with Crippen LogP contribution in [0.3, 0.4) is 0 Å². The van der Waals surface area contributed by atoms with Gasteiger partial charge in [0.1, 0.15) is 22.8 Å². The Bertz CT molecular complexity index is 987. The van der Waals surface area contributed by atoms with E-state index in [1.807, 2.05) is 17.5 Å². The van der Waals surface area contributed by atoms with E-state index in [4.69, 9.17) is 15.7 Å². The lowest BCUT2D eigenvalue weighted by molar-refractivity contribution is -0.129. The van der Waals surface area contributed by atoms with E-state index in [0.29, 0.717) is 19.4 Å². The van der Waals surface area contributed by atoms with E-state index in [1.165, 1.54) is 22.8 Å². The maximum Gasteiger partial charge on any atom is 0.353 e. The Balaban J connectivity index is 0.000000330. The normalized spacial score (nSPS) is 16.9. The van der Waals surface area contributed by atoms with Gasteiger partial charge >= 0.3 is 5.97 Å². The first-order valence-electron chi connectivity index (χ1n) is 9.71. The number of thiophene rings is 1. The van der Waals surface area contributed by atoms with Gasteiger partial charge in [-0.25, -0.2) is 13.6 Å². The van der Waals surface area contributed by atoms with E-state index in [1.54, 1.807) is 11.3 Å². The third-order valence-corrected chi connectivity index (χ3v) is 6.23. The lowest BCUT2D eigenvalue weighted by atomic mass is 9.86. The first-order chi connectivity index (χ1) is 14.8. The number of halogens is 2. The average Bonchev–Trinajstić information content (AvgIpc) is 3.42. The number of nitrogens with two attached hydrogens (primary N) is 1. The summed E-state index contributed by atoms with van der Waals surface area (Å²) in [4.78, 5) is 31.3. The van der Waals surface area contributed by atoms with Crippen molar-refractivity contribution in [2.45, 2.75) is 38.3 Å². The van der Waals surface area contributed by atoms with Gasteiger partial charge in [0.25, 0.3) is 5.91 Å². The van der Waals surface area contributed by atoms with Crippen molar-refractivity contribution in [2.24, 2.45) is 10.9 Å². The van der Waals surface area contributed by atoms with Gasteiger partial charge in [-0.1, -0.05) is 17.3 Å². The van der Waals surface area contributed by atoms with Crippen LogP contribution in [0.1, 0.15) is 40.1 Å². The van der Waals surface area contributed by atoms with E-state index in [2.05, 4.69) is 5.16 Å². The second-order valence-corrected chi connectivity index (χ2v) is 8.46. The molecule has 1 spiro atoms. The van der Waals surface area contributed by atoms with Gasteiger partial charge in [-0.15, -0.1) is 11.3 Å². The van der Waals surface area contributed by atoms with Crippen LogP contribution in [-0.2, 0) is 16.2 Å². The number of aryl methyl sites for hydroxylation is 1. The number of carbonyl (C=O) groups excluding carboxylic acids is 1. The maximum absolute atomic E-state index is 14.1. The molecule has 2 aliphatic rings. The van der Waals surface area contributed by atoms with Crippen LogP contribution < -0.4 is 5.73 Å². The van der Waals surface area contributed by atoms with E-state index in [-0.39, 0.29) is 30.8 Å². The van der Waals surface area contributed by atoms with Gasteiger partial charge in [0.15, 0.2) is 5.71 Å². The molecule has 2 aliphatic heterocycles. The smallest absolute Gasteiger partial charge is 0.353 e. The van der Waals surface area contributed by atoms with Crippen molar-refractivity contribution in [1.29, 1.82) is 0 Å². The lowest BCUT2D eigenvalue weighted by Crippen LogP contribution is -2.47. The number of carboxylic acids is 1. The molecule has 0 bridgehead atoms. The number of piperidine rings is 1. The summed E-state index contributed by atoms with van der Waals surface area (Å²) in [5.74, 6) is -3.58. The number of likely N-dealkylation sites (tertiary alicyclic amines) is 1. The summed E-state index contributed by atoms with van der Waals surface area (Å²) < 4.78 is 28.0. The molecule has 3 heterocycles. The Morgan fingerprint density at radius 1 is 1.29 bits per heavy atom. The minimum atomic E-state index is -1.13. The molecule has 0 saturated carbocycles. The number of nitrogens with zero attached hydrogens (tertiary/aromatic N) is 2. The van der Waals surface area contributed by atoms with Gasteiger partial charge in [0.05, 0.1) is 0 Å². The highest BCUT2D eigenvalue weighted by atomic mass is 32.1. The third-order valence-electron chi connectivity index (χ3n) is 5.33. The number of rotatable bonds is 3. The van der Waals surface area contributed by atoms with Crippen LogP contribution in [0.15, 0.2) is 34.8 Å². The van der Waals surface area contributed by atoms with Crippen molar-refractivity contribution >= 4 is 28.9 Å². The molecule has 0 atom stereocenters. The van der Waals surface area contributed by atoms with Crippen LogP contribution in [0.2, 0.25) is 0 Å². The Kier molecular flexibility index (Phi) is 7.01. The summed E-state index contributed by atoms with van der Waals surface area (Å²) >= 11 is 1.70. The monoisotopic (exact) mass is 451 g/mol. The highest BCUT2D eigenvalue weighted by molar-refractivity contribution is 7.09. The summed E-state index contributed by atoms with van der Waals surface area (Å²) in [5.41, 5.74) is 4.16.